The number of nitrogens with one attached hydrogen (secondary N) is 2. The van der Waals surface area contributed by atoms with Gasteiger partial charge in [0.2, 0.25) is 0 Å². The van der Waals surface area contributed by atoms with E-state index in [-0.39, 0.29) is 12.1 Å². The van der Waals surface area contributed by atoms with Gasteiger partial charge in [-0.1, -0.05) is 12.1 Å². The lowest BCUT2D eigenvalue weighted by Gasteiger charge is -2.18. The molecule has 1 unspecified atom stereocenters. The highest BCUT2D eigenvalue weighted by molar-refractivity contribution is 7.80. The monoisotopic (exact) mass is 344 g/mol. The van der Waals surface area contributed by atoms with E-state index in [1.165, 1.54) is 0 Å². The van der Waals surface area contributed by atoms with Crippen LogP contribution >= 0.6 is 12.2 Å². The van der Waals surface area contributed by atoms with Crippen molar-refractivity contribution in [2.75, 3.05) is 12.4 Å². The first kappa shape index (κ1) is 18.1. The van der Waals surface area contributed by atoms with Gasteiger partial charge in [0.15, 0.2) is 5.11 Å². The Morgan fingerprint density at radius 3 is 2.04 bits per heavy atom. The van der Waals surface area contributed by atoms with Crippen molar-refractivity contribution in [2.24, 2.45) is 0 Å². The number of rotatable bonds is 6. The molecule has 5 heteroatoms. The average molecular weight is 344 g/mol. The molecule has 0 aliphatic rings. The Morgan fingerprint density at radius 2 is 1.50 bits per heavy atom. The maximum Gasteiger partial charge on any atom is 0.171 e. The lowest BCUT2D eigenvalue weighted by atomic mass is 10.1. The van der Waals surface area contributed by atoms with Crippen LogP contribution in [0.25, 0.3) is 0 Å². The van der Waals surface area contributed by atoms with Gasteiger partial charge in [-0.25, -0.2) is 0 Å². The van der Waals surface area contributed by atoms with Gasteiger partial charge in [0.1, 0.15) is 11.5 Å². The second-order valence-corrected chi connectivity index (χ2v) is 6.19. The zero-order valence-electron chi connectivity index (χ0n) is 14.5. The minimum atomic E-state index is 0.0967. The van der Waals surface area contributed by atoms with E-state index >= 15 is 0 Å². The fraction of sp³-hybridized carbons (Fsp3) is 0.316. The molecule has 0 spiro atoms. The lowest BCUT2D eigenvalue weighted by Crippen LogP contribution is -2.30. The summed E-state index contributed by atoms with van der Waals surface area (Å²) in [5.74, 6) is 1.69. The number of benzene rings is 2. The van der Waals surface area contributed by atoms with Crippen LogP contribution in [0.4, 0.5) is 5.69 Å². The second-order valence-electron chi connectivity index (χ2n) is 5.78. The minimum absolute atomic E-state index is 0.0967. The molecule has 0 aliphatic heterocycles. The summed E-state index contributed by atoms with van der Waals surface area (Å²) in [5, 5.41) is 7.04. The van der Waals surface area contributed by atoms with Crippen molar-refractivity contribution in [1.82, 2.24) is 5.32 Å². The smallest absolute Gasteiger partial charge is 0.171 e. The predicted octanol–water partition coefficient (Wildman–Crippen LogP) is 4.53. The zero-order valence-corrected chi connectivity index (χ0v) is 15.3. The third kappa shape index (κ3) is 5.42. The first-order valence-corrected chi connectivity index (χ1v) is 8.37. The zero-order chi connectivity index (χ0) is 17.5. The molecular weight excluding hydrogens is 320 g/mol. The van der Waals surface area contributed by atoms with Crippen LogP contribution in [-0.2, 0) is 0 Å². The fourth-order valence-corrected chi connectivity index (χ4v) is 2.52. The van der Waals surface area contributed by atoms with Crippen molar-refractivity contribution in [3.8, 4) is 11.5 Å². The highest BCUT2D eigenvalue weighted by Crippen LogP contribution is 2.19. The van der Waals surface area contributed by atoms with Crippen molar-refractivity contribution >= 4 is 23.0 Å². The summed E-state index contributed by atoms with van der Waals surface area (Å²) in [6.45, 7) is 6.08. The molecular formula is C19H24N2O2S. The predicted molar refractivity (Wildman–Crippen MR) is 103 cm³/mol. The molecule has 1 atom stereocenters. The molecule has 0 radical (unpaired) electrons. The average Bonchev–Trinajstić information content (AvgIpc) is 2.56. The molecule has 0 heterocycles. The molecule has 128 valence electrons. The Morgan fingerprint density at radius 1 is 0.917 bits per heavy atom. The summed E-state index contributed by atoms with van der Waals surface area (Å²) < 4.78 is 10.8. The summed E-state index contributed by atoms with van der Waals surface area (Å²) in [6.07, 6.45) is 0.164. The Balaban J connectivity index is 1.89. The molecule has 2 aromatic rings. The van der Waals surface area contributed by atoms with E-state index in [2.05, 4.69) is 17.6 Å². The van der Waals surface area contributed by atoms with Gasteiger partial charge in [-0.2, -0.15) is 0 Å². The van der Waals surface area contributed by atoms with Crippen LogP contribution in [0.5, 0.6) is 11.5 Å². The fourth-order valence-electron chi connectivity index (χ4n) is 2.23. The topological polar surface area (TPSA) is 42.5 Å². The van der Waals surface area contributed by atoms with Gasteiger partial charge in [-0.3, -0.25) is 0 Å². The van der Waals surface area contributed by atoms with Gasteiger partial charge < -0.3 is 20.1 Å². The van der Waals surface area contributed by atoms with Crippen molar-refractivity contribution in [1.29, 1.82) is 0 Å². The highest BCUT2D eigenvalue weighted by Gasteiger charge is 2.07. The quantitative estimate of drug-likeness (QED) is 0.754. The SMILES string of the molecule is COc1ccc(C(C)NC(=S)Nc2ccc(OC(C)C)cc2)cc1. The van der Waals surface area contributed by atoms with Crippen molar-refractivity contribution < 1.29 is 9.47 Å². The van der Waals surface area contributed by atoms with Gasteiger partial charge in [-0.05, 0) is 75.0 Å². The lowest BCUT2D eigenvalue weighted by molar-refractivity contribution is 0.242. The summed E-state index contributed by atoms with van der Waals surface area (Å²) in [7, 11) is 1.66. The van der Waals surface area contributed by atoms with E-state index in [1.54, 1.807) is 7.11 Å². The molecule has 2 aromatic carbocycles. The van der Waals surface area contributed by atoms with Gasteiger partial charge in [0.25, 0.3) is 0 Å². The molecule has 0 aliphatic carbocycles. The maximum atomic E-state index is 5.63. The third-order valence-electron chi connectivity index (χ3n) is 3.45. The van der Waals surface area contributed by atoms with E-state index in [4.69, 9.17) is 21.7 Å². The standard InChI is InChI=1S/C19H24N2O2S/c1-13(2)23-18-11-7-16(8-12-18)21-19(24)20-14(3)15-5-9-17(22-4)10-6-15/h5-14H,1-4H3,(H2,20,21,24). The van der Waals surface area contributed by atoms with E-state index in [0.717, 1.165) is 22.7 Å². The first-order chi connectivity index (χ1) is 11.5. The van der Waals surface area contributed by atoms with Crippen molar-refractivity contribution in [3.05, 3.63) is 54.1 Å². The molecule has 4 nitrogen and oxygen atoms in total. The molecule has 2 N–H and O–H groups in total. The number of anilines is 1. The van der Waals surface area contributed by atoms with Crippen LogP contribution in [-0.4, -0.2) is 18.3 Å². The number of hydrogen-bond acceptors (Lipinski definition) is 3. The largest absolute Gasteiger partial charge is 0.497 e. The molecule has 2 rings (SSSR count). The Hall–Kier alpha value is -2.27. The Kier molecular flexibility index (Phi) is 6.44. The molecule has 0 amide bonds. The van der Waals surface area contributed by atoms with Crippen LogP contribution in [0.3, 0.4) is 0 Å². The molecule has 0 aromatic heterocycles. The van der Waals surface area contributed by atoms with Gasteiger partial charge in [-0.15, -0.1) is 0 Å². The van der Waals surface area contributed by atoms with Gasteiger partial charge in [0.05, 0.1) is 19.3 Å². The van der Waals surface area contributed by atoms with Crippen LogP contribution in [0.15, 0.2) is 48.5 Å². The minimum Gasteiger partial charge on any atom is -0.497 e. The highest BCUT2D eigenvalue weighted by atomic mass is 32.1. The van der Waals surface area contributed by atoms with Crippen LogP contribution in [0, 0.1) is 0 Å². The Bertz CT molecular complexity index is 654. The molecule has 0 saturated carbocycles. The van der Waals surface area contributed by atoms with Crippen molar-refractivity contribution in [3.63, 3.8) is 0 Å². The number of thiocarbonyl (C=S) groups is 1. The molecule has 0 bridgehead atoms. The summed E-state index contributed by atoms with van der Waals surface area (Å²) in [5.41, 5.74) is 2.06. The van der Waals surface area contributed by atoms with Crippen LogP contribution in [0.1, 0.15) is 32.4 Å². The van der Waals surface area contributed by atoms with Gasteiger partial charge >= 0.3 is 0 Å². The van der Waals surface area contributed by atoms with E-state index in [9.17, 15) is 0 Å². The van der Waals surface area contributed by atoms with E-state index in [1.807, 2.05) is 62.4 Å². The summed E-state index contributed by atoms with van der Waals surface area (Å²) in [6, 6.07) is 15.8. The maximum absolute atomic E-state index is 5.63. The van der Waals surface area contributed by atoms with Crippen LogP contribution < -0.4 is 20.1 Å². The number of ether oxygens (including phenoxy) is 2. The third-order valence-corrected chi connectivity index (χ3v) is 3.67. The van der Waals surface area contributed by atoms with Crippen LogP contribution in [0.2, 0.25) is 0 Å². The first-order valence-electron chi connectivity index (χ1n) is 7.96. The normalized spacial score (nSPS) is 11.7. The summed E-state index contributed by atoms with van der Waals surface area (Å²) >= 11 is 5.39. The van der Waals surface area contributed by atoms with Gasteiger partial charge in [0, 0.05) is 5.69 Å². The molecule has 24 heavy (non-hydrogen) atoms. The second kappa shape index (κ2) is 8.55. The molecule has 0 saturated heterocycles. The molecule has 0 fully saturated rings. The van der Waals surface area contributed by atoms with E-state index in [0.29, 0.717) is 5.11 Å². The Labute approximate surface area is 149 Å². The number of methoxy groups -OCH3 is 1. The summed E-state index contributed by atoms with van der Waals surface area (Å²) in [4.78, 5) is 0. The van der Waals surface area contributed by atoms with E-state index < -0.39 is 0 Å². The number of hydrogen-bond donors (Lipinski definition) is 2. The van der Waals surface area contributed by atoms with Crippen molar-refractivity contribution in [2.45, 2.75) is 32.9 Å².